The van der Waals surface area contributed by atoms with E-state index in [1.807, 2.05) is 39.8 Å². The molecule has 3 aromatic heterocycles. The van der Waals surface area contributed by atoms with Gasteiger partial charge in [0.05, 0.1) is 10.9 Å². The number of amides is 1. The van der Waals surface area contributed by atoms with Crippen molar-refractivity contribution in [1.29, 1.82) is 0 Å². The van der Waals surface area contributed by atoms with Crippen LogP contribution in [0, 0.1) is 5.92 Å². The molecule has 0 unspecified atom stereocenters. The topological polar surface area (TPSA) is 116 Å². The van der Waals surface area contributed by atoms with Crippen molar-refractivity contribution in [3.8, 4) is 0 Å². The SMILES string of the molecule is CC(C)Cn1c(=O)[nH]c(=O)c2c(C(=O)NCc3cccnc3N3CCN(C)CC3)cc(C(C)C)nc21. The molecule has 0 saturated carbocycles. The maximum atomic E-state index is 13.5. The van der Waals surface area contributed by atoms with Crippen molar-refractivity contribution < 1.29 is 4.79 Å². The van der Waals surface area contributed by atoms with Crippen LogP contribution in [-0.4, -0.2) is 63.6 Å². The van der Waals surface area contributed by atoms with Crippen LogP contribution < -0.4 is 21.5 Å². The molecule has 2 N–H and O–H groups in total. The summed E-state index contributed by atoms with van der Waals surface area (Å²) in [6.07, 6.45) is 1.76. The van der Waals surface area contributed by atoms with Gasteiger partial charge in [-0.05, 0) is 31.0 Å². The van der Waals surface area contributed by atoms with Gasteiger partial charge in [0.1, 0.15) is 5.82 Å². The Labute approximate surface area is 210 Å². The lowest BCUT2D eigenvalue weighted by atomic mass is 10.0. The van der Waals surface area contributed by atoms with Crippen LogP contribution in [0.25, 0.3) is 11.0 Å². The molecule has 10 nitrogen and oxygen atoms in total. The summed E-state index contributed by atoms with van der Waals surface area (Å²) in [5.74, 6) is 0.622. The minimum atomic E-state index is -0.609. The van der Waals surface area contributed by atoms with Gasteiger partial charge in [0.25, 0.3) is 11.5 Å². The Kier molecular flexibility index (Phi) is 7.53. The molecule has 10 heteroatoms. The lowest BCUT2D eigenvalue weighted by Crippen LogP contribution is -2.45. The number of hydrogen-bond donors (Lipinski definition) is 2. The first-order chi connectivity index (χ1) is 17.2. The Balaban J connectivity index is 1.70. The number of carbonyl (C=O) groups is 1. The van der Waals surface area contributed by atoms with Crippen LogP contribution in [-0.2, 0) is 13.1 Å². The number of hydrogen-bond acceptors (Lipinski definition) is 7. The summed E-state index contributed by atoms with van der Waals surface area (Å²) < 4.78 is 1.46. The molecule has 4 rings (SSSR count). The highest BCUT2D eigenvalue weighted by Crippen LogP contribution is 2.22. The Morgan fingerprint density at radius 3 is 2.53 bits per heavy atom. The van der Waals surface area contributed by atoms with Crippen LogP contribution in [0.2, 0.25) is 0 Å². The van der Waals surface area contributed by atoms with Gasteiger partial charge in [-0.15, -0.1) is 0 Å². The molecule has 1 fully saturated rings. The summed E-state index contributed by atoms with van der Waals surface area (Å²) >= 11 is 0. The third-order valence-electron chi connectivity index (χ3n) is 6.46. The molecule has 36 heavy (non-hydrogen) atoms. The minimum absolute atomic E-state index is 0.00463. The van der Waals surface area contributed by atoms with E-state index in [-0.39, 0.29) is 35.0 Å². The summed E-state index contributed by atoms with van der Waals surface area (Å²) in [7, 11) is 2.10. The molecule has 0 aromatic carbocycles. The maximum absolute atomic E-state index is 13.5. The van der Waals surface area contributed by atoms with E-state index >= 15 is 0 Å². The van der Waals surface area contributed by atoms with E-state index in [4.69, 9.17) is 0 Å². The fourth-order valence-electron chi connectivity index (χ4n) is 4.44. The van der Waals surface area contributed by atoms with Crippen molar-refractivity contribution in [1.82, 2.24) is 29.7 Å². The van der Waals surface area contributed by atoms with Gasteiger partial charge in [-0.3, -0.25) is 19.1 Å². The lowest BCUT2D eigenvalue weighted by Gasteiger charge is -2.34. The Morgan fingerprint density at radius 2 is 1.86 bits per heavy atom. The van der Waals surface area contributed by atoms with E-state index in [0.29, 0.717) is 12.2 Å². The summed E-state index contributed by atoms with van der Waals surface area (Å²) in [5.41, 5.74) is 0.884. The zero-order chi connectivity index (χ0) is 26.0. The van der Waals surface area contributed by atoms with Crippen LogP contribution in [0.15, 0.2) is 34.0 Å². The fraction of sp³-hybridized carbons (Fsp3) is 0.500. The number of aromatic amines is 1. The van der Waals surface area contributed by atoms with E-state index in [0.717, 1.165) is 37.6 Å². The number of nitrogens with one attached hydrogen (secondary N) is 2. The molecule has 3 aromatic rings. The van der Waals surface area contributed by atoms with Gasteiger partial charge in [-0.2, -0.15) is 0 Å². The number of aromatic nitrogens is 4. The molecule has 0 atom stereocenters. The van der Waals surface area contributed by atoms with E-state index in [1.54, 1.807) is 12.3 Å². The van der Waals surface area contributed by atoms with Gasteiger partial charge in [0.2, 0.25) is 0 Å². The zero-order valence-corrected chi connectivity index (χ0v) is 21.7. The van der Waals surface area contributed by atoms with Gasteiger partial charge in [0.15, 0.2) is 5.65 Å². The predicted molar refractivity (Wildman–Crippen MR) is 141 cm³/mol. The molecule has 1 saturated heterocycles. The first kappa shape index (κ1) is 25.6. The second-order valence-corrected chi connectivity index (χ2v) is 10.2. The summed E-state index contributed by atoms with van der Waals surface area (Å²) in [5, 5.41) is 3.11. The highest BCUT2D eigenvalue weighted by Gasteiger charge is 2.22. The highest BCUT2D eigenvalue weighted by molar-refractivity contribution is 6.05. The zero-order valence-electron chi connectivity index (χ0n) is 21.7. The number of anilines is 1. The highest BCUT2D eigenvalue weighted by atomic mass is 16.2. The number of likely N-dealkylation sites (N-methyl/N-ethyl adjacent to an activating group) is 1. The van der Waals surface area contributed by atoms with Crippen molar-refractivity contribution in [3.05, 3.63) is 62.1 Å². The van der Waals surface area contributed by atoms with Crippen LogP contribution in [0.5, 0.6) is 0 Å². The largest absolute Gasteiger partial charge is 0.354 e. The molecule has 1 aliphatic rings. The average Bonchev–Trinajstić information content (AvgIpc) is 2.84. The molecule has 192 valence electrons. The van der Waals surface area contributed by atoms with E-state index in [2.05, 4.69) is 37.1 Å². The van der Waals surface area contributed by atoms with Crippen LogP contribution in [0.3, 0.4) is 0 Å². The van der Waals surface area contributed by atoms with Gasteiger partial charge in [-0.25, -0.2) is 14.8 Å². The molecule has 0 aliphatic carbocycles. The number of carbonyl (C=O) groups excluding carboxylic acids is 1. The Bertz CT molecular complexity index is 1370. The monoisotopic (exact) mass is 493 g/mol. The second kappa shape index (κ2) is 10.6. The number of fused-ring (bicyclic) bond motifs is 1. The smallest absolute Gasteiger partial charge is 0.330 e. The van der Waals surface area contributed by atoms with Gasteiger partial charge < -0.3 is 15.1 Å². The Morgan fingerprint density at radius 1 is 1.14 bits per heavy atom. The minimum Gasteiger partial charge on any atom is -0.354 e. The number of H-pyrrole nitrogens is 1. The molecule has 4 heterocycles. The van der Waals surface area contributed by atoms with Crippen molar-refractivity contribution in [2.45, 2.75) is 46.7 Å². The third-order valence-corrected chi connectivity index (χ3v) is 6.46. The van der Waals surface area contributed by atoms with Crippen molar-refractivity contribution in [2.75, 3.05) is 38.1 Å². The Hall–Kier alpha value is -3.53. The van der Waals surface area contributed by atoms with E-state index in [1.165, 1.54) is 4.57 Å². The number of piperazine rings is 1. The van der Waals surface area contributed by atoms with Crippen molar-refractivity contribution >= 4 is 22.8 Å². The standard InChI is InChI=1S/C26H35N7O3/c1-16(2)15-33-23-21(25(35)30-26(33)36)19(13-20(29-23)17(3)4)24(34)28-14-18-7-6-8-27-22(18)32-11-9-31(5)10-12-32/h6-8,13,16-17H,9-12,14-15H2,1-5H3,(H,28,34)(H,30,35,36). The first-order valence-corrected chi connectivity index (χ1v) is 12.5. The van der Waals surface area contributed by atoms with Crippen LogP contribution >= 0.6 is 0 Å². The normalized spacial score (nSPS) is 14.7. The number of rotatable bonds is 7. The van der Waals surface area contributed by atoms with Crippen LogP contribution in [0.4, 0.5) is 5.82 Å². The molecule has 0 bridgehead atoms. The summed E-state index contributed by atoms with van der Waals surface area (Å²) in [4.78, 5) is 55.1. The maximum Gasteiger partial charge on any atom is 0.330 e. The molecule has 1 aliphatic heterocycles. The fourth-order valence-corrected chi connectivity index (χ4v) is 4.44. The number of pyridine rings is 2. The van der Waals surface area contributed by atoms with E-state index in [9.17, 15) is 14.4 Å². The average molecular weight is 494 g/mol. The molecule has 1 amide bonds. The molecule has 0 radical (unpaired) electrons. The van der Waals surface area contributed by atoms with Crippen LogP contribution in [0.1, 0.15) is 55.2 Å². The predicted octanol–water partition coefficient (Wildman–Crippen LogP) is 1.94. The van der Waals surface area contributed by atoms with Crippen molar-refractivity contribution in [3.63, 3.8) is 0 Å². The summed E-state index contributed by atoms with van der Waals surface area (Å²) in [6.45, 7) is 12.2. The molecular weight excluding hydrogens is 458 g/mol. The van der Waals surface area contributed by atoms with Gasteiger partial charge >= 0.3 is 5.69 Å². The van der Waals surface area contributed by atoms with Gasteiger partial charge in [-0.1, -0.05) is 33.8 Å². The third kappa shape index (κ3) is 5.33. The van der Waals surface area contributed by atoms with Gasteiger partial charge in [0, 0.05) is 56.7 Å². The molecular formula is C26H35N7O3. The lowest BCUT2D eigenvalue weighted by molar-refractivity contribution is 0.0952. The van der Waals surface area contributed by atoms with E-state index < -0.39 is 17.2 Å². The number of nitrogens with zero attached hydrogens (tertiary/aromatic N) is 5. The van der Waals surface area contributed by atoms with Crippen molar-refractivity contribution in [2.24, 2.45) is 5.92 Å². The summed E-state index contributed by atoms with van der Waals surface area (Å²) in [6, 6.07) is 5.47. The molecule has 0 spiro atoms. The second-order valence-electron chi connectivity index (χ2n) is 10.2. The first-order valence-electron chi connectivity index (χ1n) is 12.5. The quantitative estimate of drug-likeness (QED) is 0.517.